The maximum atomic E-state index is 5.99. The average Bonchev–Trinajstić information content (AvgIpc) is 2.83. The van der Waals surface area contributed by atoms with E-state index in [4.69, 9.17) is 5.73 Å². The fourth-order valence-corrected chi connectivity index (χ4v) is 1.93. The van der Waals surface area contributed by atoms with Gasteiger partial charge >= 0.3 is 0 Å². The molecule has 15 heavy (non-hydrogen) atoms. The van der Waals surface area contributed by atoms with Crippen molar-refractivity contribution in [1.82, 2.24) is 4.90 Å². The molecule has 0 saturated heterocycles. The van der Waals surface area contributed by atoms with Gasteiger partial charge in [-0.05, 0) is 65.8 Å². The van der Waals surface area contributed by atoms with E-state index < -0.39 is 0 Å². The van der Waals surface area contributed by atoms with Crippen LogP contribution in [0.25, 0.3) is 0 Å². The maximum absolute atomic E-state index is 5.99. The monoisotopic (exact) mass is 212 g/mol. The van der Waals surface area contributed by atoms with Gasteiger partial charge in [-0.15, -0.1) is 0 Å². The SMILES string of the molecule is CC(C)N(CCCC(C)(C)N)CC1CC1. The van der Waals surface area contributed by atoms with E-state index in [1.54, 1.807) is 0 Å². The molecule has 0 atom stereocenters. The summed E-state index contributed by atoms with van der Waals surface area (Å²) in [4.78, 5) is 2.61. The van der Waals surface area contributed by atoms with Gasteiger partial charge in [0, 0.05) is 18.1 Å². The van der Waals surface area contributed by atoms with Crippen molar-refractivity contribution in [1.29, 1.82) is 0 Å². The van der Waals surface area contributed by atoms with E-state index in [9.17, 15) is 0 Å². The molecule has 2 nitrogen and oxygen atoms in total. The van der Waals surface area contributed by atoms with Crippen molar-refractivity contribution < 1.29 is 0 Å². The Bertz CT molecular complexity index is 177. The van der Waals surface area contributed by atoms with E-state index in [1.165, 1.54) is 32.4 Å². The largest absolute Gasteiger partial charge is 0.326 e. The van der Waals surface area contributed by atoms with Crippen LogP contribution in [0.2, 0.25) is 0 Å². The third-order valence-electron chi connectivity index (χ3n) is 3.19. The number of hydrogen-bond acceptors (Lipinski definition) is 2. The third-order valence-corrected chi connectivity index (χ3v) is 3.19. The number of rotatable bonds is 7. The first-order chi connectivity index (χ1) is 6.88. The van der Waals surface area contributed by atoms with Gasteiger partial charge in [-0.3, -0.25) is 0 Å². The molecule has 0 aliphatic heterocycles. The molecule has 1 aliphatic carbocycles. The number of hydrogen-bond donors (Lipinski definition) is 1. The Balaban J connectivity index is 2.19. The zero-order valence-electron chi connectivity index (χ0n) is 10.9. The summed E-state index contributed by atoms with van der Waals surface area (Å²) in [6.07, 6.45) is 5.26. The lowest BCUT2D eigenvalue weighted by Gasteiger charge is -2.28. The maximum Gasteiger partial charge on any atom is 0.00975 e. The van der Waals surface area contributed by atoms with E-state index in [1.807, 2.05) is 0 Å². The first-order valence-corrected chi connectivity index (χ1v) is 6.41. The Labute approximate surface area is 95.2 Å². The molecule has 0 heterocycles. The Hall–Kier alpha value is -0.0800. The van der Waals surface area contributed by atoms with E-state index in [0.717, 1.165) is 12.3 Å². The number of nitrogens with zero attached hydrogens (tertiary/aromatic N) is 1. The van der Waals surface area contributed by atoms with E-state index >= 15 is 0 Å². The smallest absolute Gasteiger partial charge is 0.00975 e. The lowest BCUT2D eigenvalue weighted by Crippen LogP contribution is -2.36. The molecule has 1 saturated carbocycles. The molecule has 0 unspecified atom stereocenters. The summed E-state index contributed by atoms with van der Waals surface area (Å²) in [7, 11) is 0. The molecule has 1 rings (SSSR count). The summed E-state index contributed by atoms with van der Waals surface area (Å²) < 4.78 is 0. The van der Waals surface area contributed by atoms with Crippen molar-refractivity contribution in [3.8, 4) is 0 Å². The molecule has 90 valence electrons. The predicted molar refractivity (Wildman–Crippen MR) is 66.9 cm³/mol. The molecule has 0 spiro atoms. The van der Waals surface area contributed by atoms with Crippen LogP contribution in [0.3, 0.4) is 0 Å². The van der Waals surface area contributed by atoms with E-state index in [-0.39, 0.29) is 5.54 Å². The second kappa shape index (κ2) is 5.31. The van der Waals surface area contributed by atoms with Crippen LogP contribution in [0.4, 0.5) is 0 Å². The second-order valence-corrected chi connectivity index (χ2v) is 6.12. The van der Waals surface area contributed by atoms with E-state index in [0.29, 0.717) is 6.04 Å². The molecule has 0 amide bonds. The van der Waals surface area contributed by atoms with Crippen molar-refractivity contribution in [2.75, 3.05) is 13.1 Å². The number of nitrogens with two attached hydrogens (primary N) is 1. The minimum atomic E-state index is 0.00221. The van der Waals surface area contributed by atoms with Crippen LogP contribution in [0.15, 0.2) is 0 Å². The minimum Gasteiger partial charge on any atom is -0.326 e. The zero-order valence-corrected chi connectivity index (χ0v) is 10.9. The van der Waals surface area contributed by atoms with Crippen LogP contribution in [-0.4, -0.2) is 29.6 Å². The van der Waals surface area contributed by atoms with Crippen LogP contribution < -0.4 is 5.73 Å². The van der Waals surface area contributed by atoms with Crippen molar-refractivity contribution in [3.63, 3.8) is 0 Å². The van der Waals surface area contributed by atoms with Gasteiger partial charge in [-0.1, -0.05) is 0 Å². The highest BCUT2D eigenvalue weighted by Crippen LogP contribution is 2.30. The Morgan fingerprint density at radius 3 is 2.33 bits per heavy atom. The lowest BCUT2D eigenvalue weighted by molar-refractivity contribution is 0.203. The Morgan fingerprint density at radius 2 is 1.93 bits per heavy atom. The normalized spacial score (nSPS) is 17.8. The van der Waals surface area contributed by atoms with Crippen LogP contribution in [0.1, 0.15) is 53.4 Å². The van der Waals surface area contributed by atoms with Crippen LogP contribution in [-0.2, 0) is 0 Å². The van der Waals surface area contributed by atoms with Gasteiger partial charge in [0.05, 0.1) is 0 Å². The standard InChI is InChI=1S/C13H28N2/c1-11(2)15(10-12-6-7-12)9-5-8-13(3,4)14/h11-12H,5-10,14H2,1-4H3. The summed E-state index contributed by atoms with van der Waals surface area (Å²) in [5.41, 5.74) is 6.00. The molecule has 2 N–H and O–H groups in total. The van der Waals surface area contributed by atoms with Crippen molar-refractivity contribution in [2.24, 2.45) is 11.7 Å². The minimum absolute atomic E-state index is 0.00221. The molecule has 0 aromatic heterocycles. The van der Waals surface area contributed by atoms with Crippen molar-refractivity contribution in [3.05, 3.63) is 0 Å². The van der Waals surface area contributed by atoms with Gasteiger partial charge in [-0.25, -0.2) is 0 Å². The van der Waals surface area contributed by atoms with Gasteiger partial charge in [-0.2, -0.15) is 0 Å². The molecule has 0 aromatic rings. The van der Waals surface area contributed by atoms with Gasteiger partial charge in [0.25, 0.3) is 0 Å². The van der Waals surface area contributed by atoms with E-state index in [2.05, 4.69) is 32.6 Å². The Kier molecular flexibility index (Phi) is 4.60. The van der Waals surface area contributed by atoms with Gasteiger partial charge in [0.15, 0.2) is 0 Å². The summed E-state index contributed by atoms with van der Waals surface area (Å²) in [6, 6.07) is 0.687. The fraction of sp³-hybridized carbons (Fsp3) is 1.00. The first-order valence-electron chi connectivity index (χ1n) is 6.41. The lowest BCUT2D eigenvalue weighted by atomic mass is 10.00. The molecule has 0 aromatic carbocycles. The Morgan fingerprint density at radius 1 is 1.33 bits per heavy atom. The topological polar surface area (TPSA) is 29.3 Å². The predicted octanol–water partition coefficient (Wildman–Crippen LogP) is 2.62. The average molecular weight is 212 g/mol. The van der Waals surface area contributed by atoms with Gasteiger partial charge in [0.2, 0.25) is 0 Å². The van der Waals surface area contributed by atoms with Crippen molar-refractivity contribution in [2.45, 2.75) is 65.0 Å². The quantitative estimate of drug-likeness (QED) is 0.703. The van der Waals surface area contributed by atoms with Crippen LogP contribution in [0, 0.1) is 5.92 Å². The van der Waals surface area contributed by atoms with Crippen LogP contribution in [0.5, 0.6) is 0 Å². The molecular weight excluding hydrogens is 184 g/mol. The molecule has 2 heteroatoms. The summed E-state index contributed by atoms with van der Waals surface area (Å²) in [5.74, 6) is 0.998. The first kappa shape index (κ1) is 13.0. The highest BCUT2D eigenvalue weighted by atomic mass is 15.1. The fourth-order valence-electron chi connectivity index (χ4n) is 1.93. The van der Waals surface area contributed by atoms with Crippen LogP contribution >= 0.6 is 0 Å². The molecule has 1 fully saturated rings. The summed E-state index contributed by atoms with van der Waals surface area (Å²) in [6.45, 7) is 11.4. The highest BCUT2D eigenvalue weighted by Gasteiger charge is 2.25. The summed E-state index contributed by atoms with van der Waals surface area (Å²) >= 11 is 0. The van der Waals surface area contributed by atoms with Gasteiger partial charge < -0.3 is 10.6 Å². The third kappa shape index (κ3) is 6.16. The molecule has 1 aliphatic rings. The molecular formula is C13H28N2. The zero-order chi connectivity index (χ0) is 11.5. The van der Waals surface area contributed by atoms with Crippen molar-refractivity contribution >= 4 is 0 Å². The summed E-state index contributed by atoms with van der Waals surface area (Å²) in [5, 5.41) is 0. The van der Waals surface area contributed by atoms with Gasteiger partial charge in [0.1, 0.15) is 0 Å². The molecule has 0 bridgehead atoms. The molecule has 0 radical (unpaired) electrons. The second-order valence-electron chi connectivity index (χ2n) is 6.12. The highest BCUT2D eigenvalue weighted by molar-refractivity contribution is 4.79.